The maximum absolute atomic E-state index is 11.9. The SMILES string of the molecule is CCNC(=NCc1coc(-c2ccc(C)cc2)n1)NC1CCC(C(=O)OCC)CC1. The molecule has 0 saturated heterocycles. The molecule has 1 heterocycles. The number of ether oxygens (including phenoxy) is 1. The van der Waals surface area contributed by atoms with Gasteiger partial charge in [0.2, 0.25) is 5.89 Å². The summed E-state index contributed by atoms with van der Waals surface area (Å²) in [6.07, 6.45) is 5.20. The summed E-state index contributed by atoms with van der Waals surface area (Å²) in [5.41, 5.74) is 2.95. The highest BCUT2D eigenvalue weighted by atomic mass is 16.5. The standard InChI is InChI=1S/C23H32N4O3/c1-4-24-23(27-19-12-10-18(11-13-19)22(28)29-5-2)25-14-20-15-30-21(26-20)17-8-6-16(3)7-9-17/h6-9,15,18-19H,4-5,10-14H2,1-3H3,(H2,24,25,27). The van der Waals surface area contributed by atoms with Crippen molar-refractivity contribution in [1.82, 2.24) is 15.6 Å². The first kappa shape index (κ1) is 21.9. The van der Waals surface area contributed by atoms with Crippen molar-refractivity contribution in [3.05, 3.63) is 41.8 Å². The van der Waals surface area contributed by atoms with Crippen molar-refractivity contribution in [2.45, 2.75) is 59.0 Å². The predicted octanol–water partition coefficient (Wildman–Crippen LogP) is 3.83. The van der Waals surface area contributed by atoms with E-state index in [2.05, 4.69) is 27.5 Å². The smallest absolute Gasteiger partial charge is 0.308 e. The minimum atomic E-state index is -0.0630. The first-order valence-electron chi connectivity index (χ1n) is 10.8. The second kappa shape index (κ2) is 10.8. The van der Waals surface area contributed by atoms with E-state index in [9.17, 15) is 4.79 Å². The second-order valence-electron chi connectivity index (χ2n) is 7.65. The van der Waals surface area contributed by atoms with Gasteiger partial charge >= 0.3 is 5.97 Å². The minimum Gasteiger partial charge on any atom is -0.466 e. The van der Waals surface area contributed by atoms with E-state index >= 15 is 0 Å². The number of nitrogens with one attached hydrogen (secondary N) is 2. The van der Waals surface area contributed by atoms with Crippen molar-refractivity contribution in [3.63, 3.8) is 0 Å². The molecule has 0 spiro atoms. The number of nitrogens with zero attached hydrogens (tertiary/aromatic N) is 2. The van der Waals surface area contributed by atoms with Crippen molar-refractivity contribution in [1.29, 1.82) is 0 Å². The van der Waals surface area contributed by atoms with Gasteiger partial charge in [0.05, 0.1) is 19.1 Å². The van der Waals surface area contributed by atoms with Crippen molar-refractivity contribution in [2.24, 2.45) is 10.9 Å². The molecule has 0 amide bonds. The molecule has 1 aromatic carbocycles. The maximum Gasteiger partial charge on any atom is 0.308 e. The summed E-state index contributed by atoms with van der Waals surface area (Å²) >= 11 is 0. The van der Waals surface area contributed by atoms with Crippen LogP contribution >= 0.6 is 0 Å². The monoisotopic (exact) mass is 412 g/mol. The molecular formula is C23H32N4O3. The van der Waals surface area contributed by atoms with E-state index < -0.39 is 0 Å². The predicted molar refractivity (Wildman–Crippen MR) is 117 cm³/mol. The van der Waals surface area contributed by atoms with Gasteiger partial charge < -0.3 is 19.8 Å². The van der Waals surface area contributed by atoms with Gasteiger partial charge in [0.25, 0.3) is 0 Å². The molecule has 30 heavy (non-hydrogen) atoms. The van der Waals surface area contributed by atoms with Crippen molar-refractivity contribution >= 4 is 11.9 Å². The zero-order valence-electron chi connectivity index (χ0n) is 18.1. The fourth-order valence-electron chi connectivity index (χ4n) is 3.62. The van der Waals surface area contributed by atoms with Crippen LogP contribution in [0.3, 0.4) is 0 Å². The summed E-state index contributed by atoms with van der Waals surface area (Å²) in [5.74, 6) is 1.33. The van der Waals surface area contributed by atoms with E-state index in [1.807, 2.05) is 38.1 Å². The van der Waals surface area contributed by atoms with Crippen LogP contribution in [0.4, 0.5) is 0 Å². The van der Waals surface area contributed by atoms with Crippen molar-refractivity contribution in [3.8, 4) is 11.5 Å². The molecule has 3 rings (SSSR count). The van der Waals surface area contributed by atoms with Crippen LogP contribution in [0.1, 0.15) is 50.8 Å². The van der Waals surface area contributed by atoms with Gasteiger partial charge in [0.1, 0.15) is 12.0 Å². The summed E-state index contributed by atoms with van der Waals surface area (Å²) in [6.45, 7) is 7.60. The number of rotatable bonds is 7. The number of oxazole rings is 1. The van der Waals surface area contributed by atoms with Crippen LogP contribution in [0, 0.1) is 12.8 Å². The van der Waals surface area contributed by atoms with E-state index in [-0.39, 0.29) is 11.9 Å². The molecule has 1 aromatic heterocycles. The van der Waals surface area contributed by atoms with Crippen LogP contribution in [0.15, 0.2) is 39.9 Å². The Hall–Kier alpha value is -2.83. The van der Waals surface area contributed by atoms with Crippen LogP contribution in [0.25, 0.3) is 11.5 Å². The Labute approximate surface area is 178 Å². The number of hydrogen-bond acceptors (Lipinski definition) is 5. The third-order valence-corrected chi connectivity index (χ3v) is 5.28. The average molecular weight is 413 g/mol. The Morgan fingerprint density at radius 3 is 2.60 bits per heavy atom. The molecule has 1 fully saturated rings. The molecule has 1 aliphatic carbocycles. The van der Waals surface area contributed by atoms with Crippen LogP contribution < -0.4 is 10.6 Å². The molecule has 7 heteroatoms. The van der Waals surface area contributed by atoms with Crippen LogP contribution in [-0.2, 0) is 16.1 Å². The molecule has 0 atom stereocenters. The van der Waals surface area contributed by atoms with E-state index in [0.717, 1.165) is 49.4 Å². The van der Waals surface area contributed by atoms with E-state index in [0.29, 0.717) is 25.1 Å². The number of benzene rings is 1. The molecule has 1 aliphatic rings. The lowest BCUT2D eigenvalue weighted by atomic mass is 9.86. The van der Waals surface area contributed by atoms with E-state index in [4.69, 9.17) is 9.15 Å². The minimum absolute atomic E-state index is 0.0258. The molecule has 1 saturated carbocycles. The molecule has 0 bridgehead atoms. The number of guanidine groups is 1. The quantitative estimate of drug-likeness (QED) is 0.408. The third-order valence-electron chi connectivity index (χ3n) is 5.28. The second-order valence-corrected chi connectivity index (χ2v) is 7.65. The Morgan fingerprint density at radius 1 is 1.20 bits per heavy atom. The van der Waals surface area contributed by atoms with Crippen LogP contribution in [0.2, 0.25) is 0 Å². The zero-order valence-corrected chi connectivity index (χ0v) is 18.1. The summed E-state index contributed by atoms with van der Waals surface area (Å²) < 4.78 is 10.8. The van der Waals surface area contributed by atoms with E-state index in [1.54, 1.807) is 6.26 Å². The van der Waals surface area contributed by atoms with Gasteiger partial charge in [-0.15, -0.1) is 0 Å². The highest BCUT2D eigenvalue weighted by Gasteiger charge is 2.27. The number of carbonyl (C=O) groups is 1. The molecule has 0 unspecified atom stereocenters. The molecular weight excluding hydrogens is 380 g/mol. The average Bonchev–Trinajstić information content (AvgIpc) is 3.22. The maximum atomic E-state index is 11.9. The summed E-state index contributed by atoms with van der Waals surface area (Å²) in [4.78, 5) is 21.1. The van der Waals surface area contributed by atoms with Crippen molar-refractivity contribution < 1.29 is 13.9 Å². The largest absolute Gasteiger partial charge is 0.466 e. The van der Waals surface area contributed by atoms with Crippen LogP contribution in [0.5, 0.6) is 0 Å². The van der Waals surface area contributed by atoms with E-state index in [1.165, 1.54) is 5.56 Å². The number of hydrogen-bond donors (Lipinski definition) is 2. The molecule has 2 aromatic rings. The number of aromatic nitrogens is 1. The fourth-order valence-corrected chi connectivity index (χ4v) is 3.62. The normalized spacial score (nSPS) is 19.4. The number of esters is 1. The highest BCUT2D eigenvalue weighted by molar-refractivity contribution is 5.80. The summed E-state index contributed by atoms with van der Waals surface area (Å²) in [6, 6.07) is 8.40. The molecule has 7 nitrogen and oxygen atoms in total. The number of carbonyl (C=O) groups excluding carboxylic acids is 1. The Kier molecular flexibility index (Phi) is 7.88. The number of aryl methyl sites for hydroxylation is 1. The fraction of sp³-hybridized carbons (Fsp3) is 0.522. The van der Waals surface area contributed by atoms with Gasteiger partial charge in [0.15, 0.2) is 5.96 Å². The van der Waals surface area contributed by atoms with Gasteiger partial charge in [-0.3, -0.25) is 4.79 Å². The first-order valence-corrected chi connectivity index (χ1v) is 10.8. The lowest BCUT2D eigenvalue weighted by Gasteiger charge is -2.29. The van der Waals surface area contributed by atoms with Gasteiger partial charge in [-0.25, -0.2) is 9.98 Å². The zero-order chi connectivity index (χ0) is 21.3. The summed E-state index contributed by atoms with van der Waals surface area (Å²) in [7, 11) is 0. The van der Waals surface area contributed by atoms with Crippen molar-refractivity contribution in [2.75, 3.05) is 13.2 Å². The molecule has 0 aliphatic heterocycles. The third kappa shape index (κ3) is 6.08. The summed E-state index contributed by atoms with van der Waals surface area (Å²) in [5, 5.41) is 6.78. The Morgan fingerprint density at radius 2 is 1.93 bits per heavy atom. The van der Waals surface area contributed by atoms with Crippen LogP contribution in [-0.4, -0.2) is 36.1 Å². The Balaban J connectivity index is 1.55. The molecule has 2 N–H and O–H groups in total. The lowest BCUT2D eigenvalue weighted by molar-refractivity contribution is -0.149. The molecule has 0 radical (unpaired) electrons. The first-order chi connectivity index (χ1) is 14.6. The topological polar surface area (TPSA) is 88.8 Å². The number of aliphatic imine (C=N–C) groups is 1. The molecule has 162 valence electrons. The van der Waals surface area contributed by atoms with Gasteiger partial charge in [-0.2, -0.15) is 0 Å². The van der Waals surface area contributed by atoms with Gasteiger partial charge in [0, 0.05) is 18.2 Å². The lowest BCUT2D eigenvalue weighted by Crippen LogP contribution is -2.45. The Bertz CT molecular complexity index is 836. The highest BCUT2D eigenvalue weighted by Crippen LogP contribution is 2.25. The van der Waals surface area contributed by atoms with Gasteiger partial charge in [-0.05, 0) is 58.6 Å². The van der Waals surface area contributed by atoms with Gasteiger partial charge in [-0.1, -0.05) is 17.7 Å².